The van der Waals surface area contributed by atoms with Gasteiger partial charge in [-0.25, -0.2) is 9.37 Å². The first-order valence-corrected chi connectivity index (χ1v) is 6.44. The molecule has 1 aromatic carbocycles. The van der Waals surface area contributed by atoms with Crippen molar-refractivity contribution < 1.29 is 9.13 Å². The predicted molar refractivity (Wildman–Crippen MR) is 72.5 cm³/mol. The molecule has 2 rings (SSSR count). The van der Waals surface area contributed by atoms with Gasteiger partial charge in [0.1, 0.15) is 11.6 Å². The third kappa shape index (κ3) is 3.07. The maximum Gasteiger partial charge on any atom is 0.219 e. The first-order valence-electron chi connectivity index (χ1n) is 5.65. The van der Waals surface area contributed by atoms with E-state index in [9.17, 15) is 4.39 Å². The zero-order valence-electron chi connectivity index (χ0n) is 10.2. The number of aromatic nitrogens is 1. The molecular formula is C14H13BrFNO. The molecule has 1 aromatic heterocycles. The number of pyridine rings is 1. The molecule has 0 radical (unpaired) electrons. The average Bonchev–Trinajstić information content (AvgIpc) is 2.34. The monoisotopic (exact) mass is 309 g/mol. The molecule has 0 N–H and O–H groups in total. The van der Waals surface area contributed by atoms with Crippen molar-refractivity contribution in [1.29, 1.82) is 0 Å². The van der Waals surface area contributed by atoms with E-state index in [0.717, 1.165) is 22.0 Å². The van der Waals surface area contributed by atoms with E-state index in [1.165, 1.54) is 12.1 Å². The van der Waals surface area contributed by atoms with E-state index in [2.05, 4.69) is 34.8 Å². The minimum Gasteiger partial charge on any atom is -0.439 e. The normalized spacial score (nSPS) is 10.7. The SMILES string of the molecule is CC(C)c1cc(Br)ccc1Oc1ccc(F)cn1. The topological polar surface area (TPSA) is 22.1 Å². The standard InChI is InChI=1S/C14H13BrFNO/c1-9(2)12-7-10(15)3-5-13(12)18-14-6-4-11(16)8-17-14/h3-9H,1-2H3. The summed E-state index contributed by atoms with van der Waals surface area (Å²) in [6.45, 7) is 4.18. The molecule has 0 saturated carbocycles. The lowest BCUT2D eigenvalue weighted by Crippen LogP contribution is -1.95. The van der Waals surface area contributed by atoms with Gasteiger partial charge in [0.15, 0.2) is 0 Å². The second-order valence-corrected chi connectivity index (χ2v) is 5.17. The molecule has 0 fully saturated rings. The van der Waals surface area contributed by atoms with Crippen LogP contribution in [0.4, 0.5) is 4.39 Å². The van der Waals surface area contributed by atoms with E-state index in [0.29, 0.717) is 11.8 Å². The van der Waals surface area contributed by atoms with Gasteiger partial charge in [-0.2, -0.15) is 0 Å². The smallest absolute Gasteiger partial charge is 0.219 e. The number of hydrogen-bond acceptors (Lipinski definition) is 2. The van der Waals surface area contributed by atoms with Gasteiger partial charge in [0.05, 0.1) is 6.20 Å². The van der Waals surface area contributed by atoms with Crippen LogP contribution in [0.15, 0.2) is 41.0 Å². The summed E-state index contributed by atoms with van der Waals surface area (Å²) in [5, 5.41) is 0. The van der Waals surface area contributed by atoms with Crippen molar-refractivity contribution in [2.45, 2.75) is 19.8 Å². The van der Waals surface area contributed by atoms with Gasteiger partial charge in [-0.3, -0.25) is 0 Å². The van der Waals surface area contributed by atoms with Gasteiger partial charge in [0, 0.05) is 10.5 Å². The second-order valence-electron chi connectivity index (χ2n) is 4.25. The molecule has 0 amide bonds. The molecular weight excluding hydrogens is 297 g/mol. The largest absolute Gasteiger partial charge is 0.439 e. The highest BCUT2D eigenvalue weighted by molar-refractivity contribution is 9.10. The Balaban J connectivity index is 2.31. The van der Waals surface area contributed by atoms with Crippen LogP contribution in [0.1, 0.15) is 25.3 Å². The van der Waals surface area contributed by atoms with Gasteiger partial charge < -0.3 is 4.74 Å². The number of halogens is 2. The molecule has 0 saturated heterocycles. The van der Waals surface area contributed by atoms with Crippen molar-refractivity contribution >= 4 is 15.9 Å². The van der Waals surface area contributed by atoms with Crippen molar-refractivity contribution in [3.05, 3.63) is 52.4 Å². The maximum absolute atomic E-state index is 12.8. The van der Waals surface area contributed by atoms with Crippen LogP contribution in [-0.4, -0.2) is 4.98 Å². The summed E-state index contributed by atoms with van der Waals surface area (Å²) in [5.41, 5.74) is 1.08. The van der Waals surface area contributed by atoms with E-state index < -0.39 is 0 Å². The Morgan fingerprint density at radius 1 is 1.22 bits per heavy atom. The molecule has 2 aromatic rings. The van der Waals surface area contributed by atoms with Crippen LogP contribution in [0.3, 0.4) is 0 Å². The van der Waals surface area contributed by atoms with Crippen molar-refractivity contribution in [1.82, 2.24) is 4.98 Å². The fraction of sp³-hybridized carbons (Fsp3) is 0.214. The number of ether oxygens (including phenoxy) is 1. The van der Waals surface area contributed by atoms with Gasteiger partial charge >= 0.3 is 0 Å². The predicted octanol–water partition coefficient (Wildman–Crippen LogP) is 4.90. The van der Waals surface area contributed by atoms with Crippen molar-refractivity contribution in [2.24, 2.45) is 0 Å². The summed E-state index contributed by atoms with van der Waals surface area (Å²) in [4.78, 5) is 3.89. The molecule has 0 spiro atoms. The van der Waals surface area contributed by atoms with Crippen LogP contribution < -0.4 is 4.74 Å². The van der Waals surface area contributed by atoms with Crippen molar-refractivity contribution in [2.75, 3.05) is 0 Å². The van der Waals surface area contributed by atoms with Gasteiger partial charge in [-0.05, 0) is 35.7 Å². The van der Waals surface area contributed by atoms with Crippen LogP contribution in [0.2, 0.25) is 0 Å². The van der Waals surface area contributed by atoms with Gasteiger partial charge in [0.25, 0.3) is 0 Å². The Morgan fingerprint density at radius 3 is 2.61 bits per heavy atom. The van der Waals surface area contributed by atoms with Gasteiger partial charge in [-0.15, -0.1) is 0 Å². The lowest BCUT2D eigenvalue weighted by molar-refractivity contribution is 0.451. The van der Waals surface area contributed by atoms with Crippen LogP contribution in [0.5, 0.6) is 11.6 Å². The third-order valence-electron chi connectivity index (χ3n) is 2.51. The first-order chi connectivity index (χ1) is 8.56. The number of hydrogen-bond donors (Lipinski definition) is 0. The molecule has 18 heavy (non-hydrogen) atoms. The van der Waals surface area contributed by atoms with Crippen molar-refractivity contribution in [3.63, 3.8) is 0 Å². The van der Waals surface area contributed by atoms with Crippen LogP contribution in [0, 0.1) is 5.82 Å². The molecule has 0 atom stereocenters. The average molecular weight is 310 g/mol. The van der Waals surface area contributed by atoms with Gasteiger partial charge in [0.2, 0.25) is 5.88 Å². The lowest BCUT2D eigenvalue weighted by atomic mass is 10.0. The molecule has 94 valence electrons. The fourth-order valence-corrected chi connectivity index (χ4v) is 1.98. The zero-order chi connectivity index (χ0) is 13.1. The highest BCUT2D eigenvalue weighted by atomic mass is 79.9. The molecule has 4 heteroatoms. The summed E-state index contributed by atoms with van der Waals surface area (Å²) in [7, 11) is 0. The van der Waals surface area contributed by atoms with E-state index in [4.69, 9.17) is 4.74 Å². The zero-order valence-corrected chi connectivity index (χ0v) is 11.7. The fourth-order valence-electron chi connectivity index (χ4n) is 1.60. The summed E-state index contributed by atoms with van der Waals surface area (Å²) in [6.07, 6.45) is 1.14. The van der Waals surface area contributed by atoms with E-state index in [1.807, 2.05) is 18.2 Å². The molecule has 0 aliphatic rings. The Bertz CT molecular complexity index is 540. The maximum atomic E-state index is 12.8. The molecule has 2 nitrogen and oxygen atoms in total. The van der Waals surface area contributed by atoms with E-state index >= 15 is 0 Å². The van der Waals surface area contributed by atoms with Crippen molar-refractivity contribution in [3.8, 4) is 11.6 Å². The summed E-state index contributed by atoms with van der Waals surface area (Å²) in [5.74, 6) is 1.09. The van der Waals surface area contributed by atoms with Crippen LogP contribution in [-0.2, 0) is 0 Å². The minimum atomic E-state index is -0.373. The highest BCUT2D eigenvalue weighted by Crippen LogP contribution is 2.32. The molecule has 0 bridgehead atoms. The van der Waals surface area contributed by atoms with Crippen LogP contribution >= 0.6 is 15.9 Å². The van der Waals surface area contributed by atoms with E-state index in [-0.39, 0.29) is 5.82 Å². The Hall–Kier alpha value is -1.42. The summed E-state index contributed by atoms with van der Waals surface area (Å²) in [6, 6.07) is 8.65. The molecule has 0 unspecified atom stereocenters. The number of benzene rings is 1. The van der Waals surface area contributed by atoms with Crippen LogP contribution in [0.25, 0.3) is 0 Å². The van der Waals surface area contributed by atoms with E-state index in [1.54, 1.807) is 0 Å². The molecule has 0 aliphatic heterocycles. The minimum absolute atomic E-state index is 0.331. The molecule has 1 heterocycles. The van der Waals surface area contributed by atoms with Gasteiger partial charge in [-0.1, -0.05) is 29.8 Å². The Kier molecular flexibility index (Phi) is 3.97. The third-order valence-corrected chi connectivity index (χ3v) is 3.00. The summed E-state index contributed by atoms with van der Waals surface area (Å²) >= 11 is 3.44. The Labute approximate surface area is 114 Å². The first kappa shape index (κ1) is 13.0. The number of rotatable bonds is 3. The Morgan fingerprint density at radius 2 is 2.00 bits per heavy atom. The molecule has 0 aliphatic carbocycles. The highest BCUT2D eigenvalue weighted by Gasteiger charge is 2.10. The number of nitrogens with zero attached hydrogens (tertiary/aromatic N) is 1. The lowest BCUT2D eigenvalue weighted by Gasteiger charge is -2.13. The summed E-state index contributed by atoms with van der Waals surface area (Å²) < 4.78 is 19.4. The quantitative estimate of drug-likeness (QED) is 0.804. The second kappa shape index (κ2) is 5.48.